The highest BCUT2D eigenvalue weighted by atomic mass is 16.5. The molecule has 0 unspecified atom stereocenters. The van der Waals surface area contributed by atoms with Crippen LogP contribution in [-0.2, 0) is 0 Å². The molecular weight excluding hydrogens is 288 g/mol. The van der Waals surface area contributed by atoms with Crippen molar-refractivity contribution in [1.29, 1.82) is 5.26 Å². The summed E-state index contributed by atoms with van der Waals surface area (Å²) in [5.74, 6) is 0.435. The van der Waals surface area contributed by atoms with Crippen molar-refractivity contribution in [2.45, 2.75) is 0 Å². The summed E-state index contributed by atoms with van der Waals surface area (Å²) in [5.41, 5.74) is 2.29. The minimum atomic E-state index is -0.287. The molecule has 2 aromatic carbocycles. The molecule has 0 aliphatic carbocycles. The monoisotopic (exact) mass is 302 g/mol. The Labute approximate surface area is 133 Å². The van der Waals surface area contributed by atoms with Crippen LogP contribution in [-0.4, -0.2) is 17.9 Å². The molecule has 1 aromatic heterocycles. The molecule has 1 heterocycles. The molecule has 4 heteroatoms. The number of ketones is 1. The number of H-pyrrole nitrogens is 1. The number of hydrogen-bond donors (Lipinski definition) is 1. The predicted molar refractivity (Wildman–Crippen MR) is 89.2 cm³/mol. The fourth-order valence-electron chi connectivity index (χ4n) is 2.42. The lowest BCUT2D eigenvalue weighted by Gasteiger charge is -2.01. The summed E-state index contributed by atoms with van der Waals surface area (Å²) in [5, 5.41) is 10.3. The summed E-state index contributed by atoms with van der Waals surface area (Å²) in [6, 6.07) is 16.4. The van der Waals surface area contributed by atoms with Crippen molar-refractivity contribution in [1.82, 2.24) is 4.98 Å². The Balaban J connectivity index is 2.05. The van der Waals surface area contributed by atoms with Crippen molar-refractivity contribution in [2.24, 2.45) is 0 Å². The first-order valence-corrected chi connectivity index (χ1v) is 7.09. The van der Waals surface area contributed by atoms with E-state index in [2.05, 4.69) is 4.98 Å². The van der Waals surface area contributed by atoms with Crippen LogP contribution in [0.5, 0.6) is 5.75 Å². The Morgan fingerprint density at radius 3 is 2.70 bits per heavy atom. The Morgan fingerprint density at radius 1 is 1.22 bits per heavy atom. The van der Waals surface area contributed by atoms with Crippen LogP contribution in [0.2, 0.25) is 0 Å². The van der Waals surface area contributed by atoms with Gasteiger partial charge in [-0.05, 0) is 24.3 Å². The van der Waals surface area contributed by atoms with E-state index in [4.69, 9.17) is 4.74 Å². The molecule has 0 amide bonds. The van der Waals surface area contributed by atoms with Crippen LogP contribution in [0.15, 0.2) is 60.3 Å². The maximum atomic E-state index is 12.4. The van der Waals surface area contributed by atoms with Crippen molar-refractivity contribution in [3.63, 3.8) is 0 Å². The van der Waals surface area contributed by atoms with Gasteiger partial charge in [-0.3, -0.25) is 4.79 Å². The third kappa shape index (κ3) is 2.85. The second kappa shape index (κ2) is 6.20. The number of hydrogen-bond acceptors (Lipinski definition) is 3. The van der Waals surface area contributed by atoms with Gasteiger partial charge in [0.2, 0.25) is 5.78 Å². The molecule has 0 bridgehead atoms. The van der Waals surface area contributed by atoms with Gasteiger partial charge in [0.05, 0.1) is 7.11 Å². The maximum absolute atomic E-state index is 12.4. The second-order valence-electron chi connectivity index (χ2n) is 5.02. The SMILES string of the molecule is COc1ccc2[nH]cc(C=C(C#N)C(=O)c3ccccc3)c2c1. The fraction of sp³-hybridized carbons (Fsp3) is 0.0526. The van der Waals surface area contributed by atoms with E-state index in [1.165, 1.54) is 0 Å². The number of nitriles is 1. The normalized spacial score (nSPS) is 11.2. The number of rotatable bonds is 4. The first-order chi connectivity index (χ1) is 11.2. The minimum Gasteiger partial charge on any atom is -0.497 e. The predicted octanol–water partition coefficient (Wildman–Crippen LogP) is 3.97. The quantitative estimate of drug-likeness (QED) is 0.450. The topological polar surface area (TPSA) is 65.9 Å². The second-order valence-corrected chi connectivity index (χ2v) is 5.02. The number of fused-ring (bicyclic) bond motifs is 1. The van der Waals surface area contributed by atoms with E-state index in [0.29, 0.717) is 5.56 Å². The van der Waals surface area contributed by atoms with Crippen molar-refractivity contribution < 1.29 is 9.53 Å². The van der Waals surface area contributed by atoms with E-state index in [-0.39, 0.29) is 11.4 Å². The average molecular weight is 302 g/mol. The van der Waals surface area contributed by atoms with Crippen LogP contribution < -0.4 is 4.74 Å². The smallest absolute Gasteiger partial charge is 0.203 e. The zero-order valence-electron chi connectivity index (χ0n) is 12.5. The number of carbonyl (C=O) groups is 1. The summed E-state index contributed by atoms with van der Waals surface area (Å²) in [4.78, 5) is 15.6. The van der Waals surface area contributed by atoms with Gasteiger partial charge in [0.25, 0.3) is 0 Å². The Morgan fingerprint density at radius 2 is 2.00 bits per heavy atom. The minimum absolute atomic E-state index is 0.0971. The zero-order chi connectivity index (χ0) is 16.2. The number of methoxy groups -OCH3 is 1. The summed E-state index contributed by atoms with van der Waals surface area (Å²) in [6.07, 6.45) is 3.38. The molecule has 0 aliphatic rings. The highest BCUT2D eigenvalue weighted by Gasteiger charge is 2.13. The molecule has 0 aliphatic heterocycles. The number of ether oxygens (including phenoxy) is 1. The van der Waals surface area contributed by atoms with Gasteiger partial charge >= 0.3 is 0 Å². The van der Waals surface area contributed by atoms with Crippen molar-refractivity contribution in [3.05, 3.63) is 71.4 Å². The Bertz CT molecular complexity index is 931. The number of carbonyl (C=O) groups excluding carboxylic acids is 1. The van der Waals surface area contributed by atoms with Gasteiger partial charge in [-0.15, -0.1) is 0 Å². The molecule has 0 saturated carbocycles. The third-order valence-electron chi connectivity index (χ3n) is 3.62. The first kappa shape index (κ1) is 14.6. The molecule has 0 saturated heterocycles. The standard InChI is InChI=1S/C19H14N2O2/c1-23-16-7-8-18-17(10-16)15(12-21-18)9-14(11-20)19(22)13-5-3-2-4-6-13/h2-10,12,21H,1H3. The van der Waals surface area contributed by atoms with E-state index >= 15 is 0 Å². The van der Waals surface area contributed by atoms with Crippen LogP contribution in [0.1, 0.15) is 15.9 Å². The molecule has 3 aromatic rings. The number of aromatic nitrogens is 1. The molecule has 112 valence electrons. The summed E-state index contributed by atoms with van der Waals surface area (Å²) in [6.45, 7) is 0. The van der Waals surface area contributed by atoms with E-state index in [9.17, 15) is 10.1 Å². The molecule has 1 N–H and O–H groups in total. The van der Waals surface area contributed by atoms with Crippen molar-refractivity contribution >= 4 is 22.8 Å². The van der Waals surface area contributed by atoms with Crippen molar-refractivity contribution in [2.75, 3.05) is 7.11 Å². The zero-order valence-corrected chi connectivity index (χ0v) is 12.5. The van der Waals surface area contributed by atoms with E-state index < -0.39 is 0 Å². The van der Waals surface area contributed by atoms with Gasteiger partial charge in [-0.2, -0.15) is 5.26 Å². The van der Waals surface area contributed by atoms with Crippen LogP contribution in [0, 0.1) is 11.3 Å². The molecule has 4 nitrogen and oxygen atoms in total. The number of aromatic amines is 1. The van der Waals surface area contributed by atoms with Crippen LogP contribution in [0.3, 0.4) is 0 Å². The molecule has 0 atom stereocenters. The number of nitrogens with zero attached hydrogens (tertiary/aromatic N) is 1. The van der Waals surface area contributed by atoms with Gasteiger partial charge in [-0.1, -0.05) is 30.3 Å². The van der Waals surface area contributed by atoms with Crippen molar-refractivity contribution in [3.8, 4) is 11.8 Å². The first-order valence-electron chi connectivity index (χ1n) is 7.09. The summed E-state index contributed by atoms with van der Waals surface area (Å²) in [7, 11) is 1.60. The Hall–Kier alpha value is -3.32. The highest BCUT2D eigenvalue weighted by Crippen LogP contribution is 2.25. The molecule has 0 spiro atoms. The van der Waals surface area contributed by atoms with E-state index in [1.807, 2.05) is 30.3 Å². The molecule has 0 radical (unpaired) electrons. The van der Waals surface area contributed by atoms with E-state index in [1.54, 1.807) is 43.6 Å². The highest BCUT2D eigenvalue weighted by molar-refractivity contribution is 6.14. The molecule has 23 heavy (non-hydrogen) atoms. The lowest BCUT2D eigenvalue weighted by molar-refractivity contribution is 0.104. The van der Waals surface area contributed by atoms with Gasteiger partial charge in [0.1, 0.15) is 17.4 Å². The Kier molecular flexibility index (Phi) is 3.94. The van der Waals surface area contributed by atoms with E-state index in [0.717, 1.165) is 22.2 Å². The maximum Gasteiger partial charge on any atom is 0.203 e. The molecule has 3 rings (SSSR count). The van der Waals surface area contributed by atoms with Crippen LogP contribution >= 0.6 is 0 Å². The fourth-order valence-corrected chi connectivity index (χ4v) is 2.42. The largest absolute Gasteiger partial charge is 0.497 e. The summed E-state index contributed by atoms with van der Waals surface area (Å²) >= 11 is 0. The number of allylic oxidation sites excluding steroid dienone is 1. The van der Waals surface area contributed by atoms with Gasteiger partial charge in [0.15, 0.2) is 0 Å². The third-order valence-corrected chi connectivity index (χ3v) is 3.62. The number of benzene rings is 2. The lowest BCUT2D eigenvalue weighted by atomic mass is 10.0. The van der Waals surface area contributed by atoms with Gasteiger partial charge < -0.3 is 9.72 Å². The number of Topliss-reactive ketones (excluding diaryl/α,β-unsaturated/α-hetero) is 1. The summed E-state index contributed by atoms with van der Waals surface area (Å²) < 4.78 is 5.23. The molecular formula is C19H14N2O2. The van der Waals surface area contributed by atoms with Gasteiger partial charge in [-0.25, -0.2) is 0 Å². The van der Waals surface area contributed by atoms with Crippen LogP contribution in [0.4, 0.5) is 0 Å². The average Bonchev–Trinajstić information content (AvgIpc) is 3.01. The molecule has 0 fully saturated rings. The lowest BCUT2D eigenvalue weighted by Crippen LogP contribution is -2.01. The number of nitrogens with one attached hydrogen (secondary N) is 1. The van der Waals surface area contributed by atoms with Gasteiger partial charge in [0, 0.05) is 28.2 Å². The van der Waals surface area contributed by atoms with Crippen LogP contribution in [0.25, 0.3) is 17.0 Å².